The Kier molecular flexibility index (Phi) is 6.22. The Hall–Kier alpha value is -0.660. The third kappa shape index (κ3) is 4.15. The van der Waals surface area contributed by atoms with Gasteiger partial charge in [0.2, 0.25) is 10.0 Å². The second-order valence-electron chi connectivity index (χ2n) is 4.94. The van der Waals surface area contributed by atoms with E-state index in [0.29, 0.717) is 19.0 Å². The number of ether oxygens (including phenoxy) is 1. The quantitative estimate of drug-likeness (QED) is 0.708. The third-order valence-electron chi connectivity index (χ3n) is 3.72. The van der Waals surface area contributed by atoms with E-state index in [1.54, 1.807) is 0 Å². The van der Waals surface area contributed by atoms with Crippen LogP contribution in [0.15, 0.2) is 0 Å². The molecule has 0 saturated carbocycles. The van der Waals surface area contributed by atoms with Gasteiger partial charge in [0, 0.05) is 13.1 Å². The van der Waals surface area contributed by atoms with E-state index in [9.17, 15) is 13.2 Å². The first-order chi connectivity index (χ1) is 8.93. The molecular formula is C12H24N2O4S. The van der Waals surface area contributed by atoms with E-state index in [1.807, 2.05) is 7.05 Å². The Labute approximate surface area is 115 Å². The summed E-state index contributed by atoms with van der Waals surface area (Å²) in [4.78, 5) is 11.4. The van der Waals surface area contributed by atoms with Crippen molar-refractivity contribution < 1.29 is 17.9 Å². The molecule has 0 aromatic carbocycles. The molecule has 1 rings (SSSR count). The Morgan fingerprint density at radius 3 is 2.47 bits per heavy atom. The van der Waals surface area contributed by atoms with Crippen LogP contribution in [0.1, 0.15) is 26.2 Å². The third-order valence-corrected chi connectivity index (χ3v) is 5.89. The van der Waals surface area contributed by atoms with E-state index in [1.165, 1.54) is 18.3 Å². The van der Waals surface area contributed by atoms with E-state index < -0.39 is 21.2 Å². The molecule has 0 bridgehead atoms. The van der Waals surface area contributed by atoms with Crippen LogP contribution in [0, 0.1) is 5.92 Å². The van der Waals surface area contributed by atoms with Gasteiger partial charge >= 0.3 is 5.97 Å². The molecule has 1 aliphatic heterocycles. The van der Waals surface area contributed by atoms with Gasteiger partial charge in [0.25, 0.3) is 0 Å². The lowest BCUT2D eigenvalue weighted by molar-refractivity contribution is -0.139. The van der Waals surface area contributed by atoms with Gasteiger partial charge in [0.05, 0.1) is 7.11 Å². The molecular weight excluding hydrogens is 268 g/mol. The molecule has 0 aromatic heterocycles. The Bertz CT molecular complexity index is 389. The second kappa shape index (κ2) is 7.21. The lowest BCUT2D eigenvalue weighted by Gasteiger charge is -2.32. The number of hydrogen-bond acceptors (Lipinski definition) is 5. The summed E-state index contributed by atoms with van der Waals surface area (Å²) in [5, 5.41) is 1.99. The van der Waals surface area contributed by atoms with Crippen molar-refractivity contribution in [1.82, 2.24) is 9.62 Å². The minimum atomic E-state index is -3.57. The van der Waals surface area contributed by atoms with Crippen LogP contribution < -0.4 is 5.32 Å². The lowest BCUT2D eigenvalue weighted by atomic mass is 9.95. The summed E-state index contributed by atoms with van der Waals surface area (Å²) in [6.45, 7) is 3.33. The van der Waals surface area contributed by atoms with Gasteiger partial charge < -0.3 is 10.1 Å². The molecule has 7 heteroatoms. The average Bonchev–Trinajstić information content (AvgIpc) is 2.43. The van der Waals surface area contributed by atoms with Crippen molar-refractivity contribution in [3.05, 3.63) is 0 Å². The summed E-state index contributed by atoms with van der Waals surface area (Å²) < 4.78 is 30.4. The maximum absolute atomic E-state index is 12.2. The zero-order valence-corrected chi connectivity index (χ0v) is 12.7. The van der Waals surface area contributed by atoms with E-state index in [2.05, 4.69) is 10.1 Å². The normalized spacial score (nSPS) is 20.2. The van der Waals surface area contributed by atoms with Crippen LogP contribution in [0.5, 0.6) is 0 Å². The van der Waals surface area contributed by atoms with Gasteiger partial charge in [0.15, 0.2) is 5.25 Å². The predicted octanol–water partition coefficient (Wildman–Crippen LogP) is 0.199. The highest BCUT2D eigenvalue weighted by molar-refractivity contribution is 7.90. The van der Waals surface area contributed by atoms with Gasteiger partial charge in [-0.3, -0.25) is 4.79 Å². The fourth-order valence-electron chi connectivity index (χ4n) is 2.31. The predicted molar refractivity (Wildman–Crippen MR) is 73.2 cm³/mol. The molecule has 19 heavy (non-hydrogen) atoms. The zero-order chi connectivity index (χ0) is 14.5. The van der Waals surface area contributed by atoms with Crippen LogP contribution in [0.2, 0.25) is 0 Å². The van der Waals surface area contributed by atoms with Crippen molar-refractivity contribution in [3.8, 4) is 0 Å². The van der Waals surface area contributed by atoms with Crippen LogP contribution in [-0.2, 0) is 19.6 Å². The lowest BCUT2D eigenvalue weighted by Crippen LogP contribution is -2.45. The number of piperidine rings is 1. The molecule has 1 heterocycles. The summed E-state index contributed by atoms with van der Waals surface area (Å²) in [7, 11) is -0.453. The molecule has 6 nitrogen and oxygen atoms in total. The van der Waals surface area contributed by atoms with Gasteiger partial charge in [-0.15, -0.1) is 0 Å². The summed E-state index contributed by atoms with van der Waals surface area (Å²) in [5.41, 5.74) is 0. The van der Waals surface area contributed by atoms with Gasteiger partial charge in [-0.05, 0) is 45.7 Å². The van der Waals surface area contributed by atoms with Gasteiger partial charge in [-0.25, -0.2) is 12.7 Å². The van der Waals surface area contributed by atoms with Gasteiger partial charge in [-0.2, -0.15) is 0 Å². The summed E-state index contributed by atoms with van der Waals surface area (Å²) in [6, 6.07) is 0. The number of carbonyl (C=O) groups is 1. The largest absolute Gasteiger partial charge is 0.468 e. The minimum Gasteiger partial charge on any atom is -0.468 e. The number of nitrogens with zero attached hydrogens (tertiary/aromatic N) is 1. The smallest absolute Gasteiger partial charge is 0.325 e. The highest BCUT2D eigenvalue weighted by Crippen LogP contribution is 2.23. The number of sulfonamides is 1. The first-order valence-corrected chi connectivity index (χ1v) is 8.15. The molecule has 0 aromatic rings. The number of hydrogen-bond donors (Lipinski definition) is 1. The molecule has 0 spiro atoms. The molecule has 0 aliphatic carbocycles. The first-order valence-electron chi connectivity index (χ1n) is 6.64. The highest BCUT2D eigenvalue weighted by Gasteiger charge is 2.36. The fraction of sp³-hybridized carbons (Fsp3) is 0.917. The van der Waals surface area contributed by atoms with E-state index in [4.69, 9.17) is 0 Å². The summed E-state index contributed by atoms with van der Waals surface area (Å²) in [5.74, 6) is -0.135. The molecule has 1 fully saturated rings. The van der Waals surface area contributed by atoms with Crippen molar-refractivity contribution in [3.63, 3.8) is 0 Å². The molecule has 0 radical (unpaired) electrons. The topological polar surface area (TPSA) is 75.7 Å². The number of esters is 1. The zero-order valence-electron chi connectivity index (χ0n) is 11.9. The van der Waals surface area contributed by atoms with Crippen LogP contribution >= 0.6 is 0 Å². The summed E-state index contributed by atoms with van der Waals surface area (Å²) in [6.07, 6.45) is 2.78. The Balaban J connectivity index is 2.56. The number of nitrogens with one attached hydrogen (secondary N) is 1. The fourth-order valence-corrected chi connectivity index (χ4v) is 3.82. The first kappa shape index (κ1) is 16.4. The van der Waals surface area contributed by atoms with Crippen LogP contribution in [-0.4, -0.2) is 57.7 Å². The van der Waals surface area contributed by atoms with Crippen LogP contribution in [0.25, 0.3) is 0 Å². The number of methoxy groups -OCH3 is 1. The molecule has 1 aliphatic rings. The van der Waals surface area contributed by atoms with Crippen molar-refractivity contribution in [2.75, 3.05) is 33.8 Å². The number of carbonyl (C=O) groups excluding carboxylic acids is 1. The van der Waals surface area contributed by atoms with Crippen molar-refractivity contribution in [2.24, 2.45) is 5.92 Å². The molecule has 1 saturated heterocycles. The molecule has 1 N–H and O–H groups in total. The second-order valence-corrected chi connectivity index (χ2v) is 7.20. The maximum atomic E-state index is 12.2. The Morgan fingerprint density at radius 1 is 1.42 bits per heavy atom. The van der Waals surface area contributed by atoms with E-state index in [-0.39, 0.29) is 0 Å². The minimum absolute atomic E-state index is 0.498. The van der Waals surface area contributed by atoms with Crippen molar-refractivity contribution in [2.45, 2.75) is 31.4 Å². The molecule has 1 atom stereocenters. The van der Waals surface area contributed by atoms with Gasteiger partial charge in [-0.1, -0.05) is 0 Å². The molecule has 1 unspecified atom stereocenters. The molecule has 0 amide bonds. The van der Waals surface area contributed by atoms with Crippen molar-refractivity contribution in [1.29, 1.82) is 0 Å². The number of rotatable bonds is 6. The average molecular weight is 292 g/mol. The molecule has 112 valence electrons. The highest BCUT2D eigenvalue weighted by atomic mass is 32.2. The van der Waals surface area contributed by atoms with Crippen LogP contribution in [0.4, 0.5) is 0 Å². The monoisotopic (exact) mass is 292 g/mol. The maximum Gasteiger partial charge on any atom is 0.325 e. The Morgan fingerprint density at radius 2 is 2.00 bits per heavy atom. The van der Waals surface area contributed by atoms with Crippen LogP contribution in [0.3, 0.4) is 0 Å². The summed E-state index contributed by atoms with van der Waals surface area (Å²) >= 11 is 0. The SMILES string of the molecule is CNCCC1CCN(S(=O)(=O)C(C)C(=O)OC)CC1. The van der Waals surface area contributed by atoms with Gasteiger partial charge in [0.1, 0.15) is 0 Å². The standard InChI is InChI=1S/C12H24N2O4S/c1-10(12(15)18-3)19(16,17)14-8-5-11(6-9-14)4-7-13-2/h10-11,13H,4-9H2,1-3H3. The van der Waals surface area contributed by atoms with E-state index in [0.717, 1.165) is 25.8 Å². The van der Waals surface area contributed by atoms with E-state index >= 15 is 0 Å². The van der Waals surface area contributed by atoms with Crippen molar-refractivity contribution >= 4 is 16.0 Å².